The van der Waals surface area contributed by atoms with Gasteiger partial charge in [-0.3, -0.25) is 4.90 Å². The predicted octanol–water partition coefficient (Wildman–Crippen LogP) is 2.93. The molecule has 0 aromatic carbocycles. The lowest BCUT2D eigenvalue weighted by Crippen LogP contribution is -2.44. The summed E-state index contributed by atoms with van der Waals surface area (Å²) in [5.41, 5.74) is 0.974. The van der Waals surface area contributed by atoms with Crippen molar-refractivity contribution in [2.75, 3.05) is 13.1 Å². The molecule has 1 aliphatic rings. The van der Waals surface area contributed by atoms with Crippen LogP contribution in [0.5, 0.6) is 0 Å². The molecule has 0 unspecified atom stereocenters. The smallest absolute Gasteiger partial charge is 0.153 e. The first-order valence-electron chi connectivity index (χ1n) is 7.01. The van der Waals surface area contributed by atoms with E-state index >= 15 is 0 Å². The number of rotatable bonds is 2. The van der Waals surface area contributed by atoms with E-state index in [2.05, 4.69) is 32.6 Å². The number of piperidine rings is 1. The molecule has 0 spiro atoms. The van der Waals surface area contributed by atoms with Gasteiger partial charge in [-0.1, -0.05) is 27.7 Å². The first kappa shape index (κ1) is 18.6. The van der Waals surface area contributed by atoms with Gasteiger partial charge in [0.05, 0.1) is 6.33 Å². The van der Waals surface area contributed by atoms with E-state index in [4.69, 9.17) is 10.2 Å². The summed E-state index contributed by atoms with van der Waals surface area (Å²) in [6, 6.07) is 0.570. The largest absolute Gasteiger partial charge is 0.368 e. The fraction of sp³-hybridized carbons (Fsp3) is 0.867. The van der Waals surface area contributed by atoms with Gasteiger partial charge in [0.25, 0.3) is 0 Å². The number of aliphatic hydroxyl groups excluding tert-OH is 1. The first-order chi connectivity index (χ1) is 8.61. The Labute approximate surface area is 117 Å². The van der Waals surface area contributed by atoms with Gasteiger partial charge in [0, 0.05) is 30.5 Å². The van der Waals surface area contributed by atoms with E-state index < -0.39 is 6.29 Å². The minimum absolute atomic E-state index is 0.0112. The molecule has 1 saturated heterocycles. The van der Waals surface area contributed by atoms with Crippen LogP contribution in [0.3, 0.4) is 0 Å². The number of halogens is 1. The number of likely N-dealkylation sites (tertiary alicyclic amines) is 1. The topological polar surface area (TPSA) is 43.7 Å². The highest BCUT2D eigenvalue weighted by molar-refractivity contribution is 5.13. The summed E-state index contributed by atoms with van der Waals surface area (Å²) in [7, 11) is 0. The van der Waals surface area contributed by atoms with Gasteiger partial charge in [-0.2, -0.15) is 0 Å². The Bertz CT molecular complexity index is 280. The molecule has 0 bridgehead atoms. The zero-order valence-electron chi connectivity index (χ0n) is 13.2. The Balaban J connectivity index is 0.000000459. The monoisotopic (exact) mass is 275 g/mol. The minimum atomic E-state index is -1.15. The van der Waals surface area contributed by atoms with Crippen molar-refractivity contribution in [3.8, 4) is 0 Å². The molecule has 1 aliphatic heterocycles. The number of hydrogen-bond acceptors (Lipinski definition) is 3. The third-order valence-electron chi connectivity index (χ3n) is 3.59. The summed E-state index contributed by atoms with van der Waals surface area (Å²) < 4.78 is 12.5. The van der Waals surface area contributed by atoms with E-state index in [-0.39, 0.29) is 11.3 Å². The molecular weight excluding hydrogens is 245 g/mol. The summed E-state index contributed by atoms with van der Waals surface area (Å²) in [6.45, 7) is 14.1. The van der Waals surface area contributed by atoms with Gasteiger partial charge in [0.1, 0.15) is 0 Å². The van der Waals surface area contributed by atoms with Gasteiger partial charge in [0.15, 0.2) is 6.29 Å². The van der Waals surface area contributed by atoms with Crippen LogP contribution in [0.15, 0.2) is 11.9 Å². The first-order valence-corrected chi connectivity index (χ1v) is 7.01. The van der Waals surface area contributed by atoms with Gasteiger partial charge in [-0.05, 0) is 25.8 Å². The van der Waals surface area contributed by atoms with E-state index in [1.807, 2.05) is 0 Å². The Hall–Kier alpha value is -0.450. The maximum absolute atomic E-state index is 12.5. The Morgan fingerprint density at radius 2 is 1.68 bits per heavy atom. The molecule has 114 valence electrons. The fourth-order valence-corrected chi connectivity index (χ4v) is 1.93. The predicted molar refractivity (Wildman–Crippen MR) is 77.4 cm³/mol. The van der Waals surface area contributed by atoms with Crippen molar-refractivity contribution >= 4 is 0 Å². The molecule has 1 heterocycles. The molecule has 0 saturated carbocycles. The standard InChI is InChI=1S/C11H20FN.C4H10O2/c1-9(2)13-6-5-10(7-12)11(3,4)8-13;1-3(2)4(5)6/h7,9H,5-6,8H2,1-4H3;3-6H,1-2H3/b10-7+;. The molecule has 1 rings (SSSR count). The van der Waals surface area contributed by atoms with Crippen LogP contribution in [-0.4, -0.2) is 40.5 Å². The molecule has 0 atom stereocenters. The second-order valence-electron chi connectivity index (χ2n) is 6.49. The van der Waals surface area contributed by atoms with E-state index in [9.17, 15) is 4.39 Å². The molecule has 2 N–H and O–H groups in total. The van der Waals surface area contributed by atoms with Gasteiger partial charge < -0.3 is 10.2 Å². The quantitative estimate of drug-likeness (QED) is 0.762. The van der Waals surface area contributed by atoms with Crippen molar-refractivity contribution in [2.24, 2.45) is 11.3 Å². The molecule has 0 radical (unpaired) electrons. The summed E-state index contributed by atoms with van der Waals surface area (Å²) in [5, 5.41) is 16.4. The molecule has 0 aromatic rings. The highest BCUT2D eigenvalue weighted by Crippen LogP contribution is 2.34. The lowest BCUT2D eigenvalue weighted by atomic mass is 9.79. The normalized spacial score (nSPS) is 22.0. The van der Waals surface area contributed by atoms with Crippen LogP contribution < -0.4 is 0 Å². The molecule has 1 fully saturated rings. The van der Waals surface area contributed by atoms with Crippen molar-refractivity contribution < 1.29 is 14.6 Å². The lowest BCUT2D eigenvalue weighted by Gasteiger charge is -2.41. The van der Waals surface area contributed by atoms with Gasteiger partial charge in [-0.15, -0.1) is 0 Å². The maximum Gasteiger partial charge on any atom is 0.153 e. The van der Waals surface area contributed by atoms with Crippen LogP contribution in [0.2, 0.25) is 0 Å². The van der Waals surface area contributed by atoms with E-state index in [1.54, 1.807) is 13.8 Å². The van der Waals surface area contributed by atoms with E-state index in [0.29, 0.717) is 6.04 Å². The van der Waals surface area contributed by atoms with Crippen LogP contribution >= 0.6 is 0 Å². The average Bonchev–Trinajstić information content (AvgIpc) is 2.28. The van der Waals surface area contributed by atoms with Crippen LogP contribution in [0.1, 0.15) is 48.0 Å². The summed E-state index contributed by atoms with van der Waals surface area (Å²) in [5.74, 6) is -0.0370. The molecule has 19 heavy (non-hydrogen) atoms. The maximum atomic E-state index is 12.5. The molecule has 4 heteroatoms. The highest BCUT2D eigenvalue weighted by Gasteiger charge is 2.31. The average molecular weight is 275 g/mol. The van der Waals surface area contributed by atoms with Crippen molar-refractivity contribution in [1.29, 1.82) is 0 Å². The Morgan fingerprint density at radius 3 is 1.95 bits per heavy atom. The van der Waals surface area contributed by atoms with E-state index in [0.717, 1.165) is 31.4 Å². The summed E-state index contributed by atoms with van der Waals surface area (Å²) in [6.07, 6.45) is 0.532. The van der Waals surface area contributed by atoms with Crippen LogP contribution in [-0.2, 0) is 0 Å². The van der Waals surface area contributed by atoms with Crippen LogP contribution in [0.4, 0.5) is 4.39 Å². The lowest BCUT2D eigenvalue weighted by molar-refractivity contribution is -0.0731. The molecule has 0 amide bonds. The third kappa shape index (κ3) is 6.50. The Morgan fingerprint density at radius 1 is 1.21 bits per heavy atom. The van der Waals surface area contributed by atoms with Crippen molar-refractivity contribution in [2.45, 2.75) is 60.3 Å². The number of aliphatic hydroxyl groups is 2. The molecule has 3 nitrogen and oxygen atoms in total. The van der Waals surface area contributed by atoms with Crippen molar-refractivity contribution in [3.63, 3.8) is 0 Å². The highest BCUT2D eigenvalue weighted by atomic mass is 19.1. The number of nitrogens with zero attached hydrogens (tertiary/aromatic N) is 1. The zero-order chi connectivity index (χ0) is 15.2. The van der Waals surface area contributed by atoms with Gasteiger partial charge in [-0.25, -0.2) is 4.39 Å². The second-order valence-corrected chi connectivity index (χ2v) is 6.49. The summed E-state index contributed by atoms with van der Waals surface area (Å²) in [4.78, 5) is 2.41. The number of hydrogen-bond donors (Lipinski definition) is 2. The van der Waals surface area contributed by atoms with Crippen LogP contribution in [0.25, 0.3) is 0 Å². The Kier molecular flexibility index (Phi) is 7.79. The summed E-state index contributed by atoms with van der Waals surface area (Å²) >= 11 is 0. The SMILES string of the molecule is CC(C)C(O)O.CC(C)N1CC/C(=C\F)C(C)(C)C1. The fourth-order valence-electron chi connectivity index (χ4n) is 1.93. The second kappa shape index (κ2) is 7.98. The van der Waals surface area contributed by atoms with Crippen LogP contribution in [0, 0.1) is 11.3 Å². The van der Waals surface area contributed by atoms with Crippen molar-refractivity contribution in [1.82, 2.24) is 4.90 Å². The third-order valence-corrected chi connectivity index (χ3v) is 3.59. The van der Waals surface area contributed by atoms with Crippen molar-refractivity contribution in [3.05, 3.63) is 11.9 Å². The molecule has 0 aromatic heterocycles. The van der Waals surface area contributed by atoms with Gasteiger partial charge >= 0.3 is 0 Å². The van der Waals surface area contributed by atoms with Gasteiger partial charge in [0.2, 0.25) is 0 Å². The van der Waals surface area contributed by atoms with E-state index in [1.165, 1.54) is 0 Å². The molecular formula is C15H30FNO2. The zero-order valence-corrected chi connectivity index (χ0v) is 13.2. The molecule has 0 aliphatic carbocycles. The minimum Gasteiger partial charge on any atom is -0.368 e.